The smallest absolute Gasteiger partial charge is 0.251 e. The molecule has 0 radical (unpaired) electrons. The van der Waals surface area contributed by atoms with Crippen LogP contribution in [0.4, 0.5) is 0 Å². The fourth-order valence-corrected chi connectivity index (χ4v) is 2.07. The molecular weight excluding hydrogens is 244 g/mol. The zero-order chi connectivity index (χ0) is 13.8. The van der Waals surface area contributed by atoms with Crippen LogP contribution in [0.1, 0.15) is 23.7 Å². The average molecular weight is 262 g/mol. The summed E-state index contributed by atoms with van der Waals surface area (Å²) >= 11 is 0. The summed E-state index contributed by atoms with van der Waals surface area (Å²) in [4.78, 5) is 25.3. The van der Waals surface area contributed by atoms with Crippen molar-refractivity contribution in [3.8, 4) is 5.75 Å². The minimum Gasteiger partial charge on any atom is -0.494 e. The molecule has 1 aromatic rings. The maximum absolute atomic E-state index is 12.0. The molecule has 0 spiro atoms. The predicted molar refractivity (Wildman–Crippen MR) is 71.1 cm³/mol. The topological polar surface area (TPSA) is 58.6 Å². The molecule has 1 N–H and O–H groups in total. The monoisotopic (exact) mass is 262 g/mol. The minimum atomic E-state index is -0.399. The number of hydrogen-bond donors (Lipinski definition) is 1. The van der Waals surface area contributed by atoms with E-state index < -0.39 is 6.04 Å². The van der Waals surface area contributed by atoms with Crippen LogP contribution in [0, 0.1) is 0 Å². The van der Waals surface area contributed by atoms with Gasteiger partial charge in [0.05, 0.1) is 6.61 Å². The Morgan fingerprint density at radius 1 is 1.42 bits per heavy atom. The van der Waals surface area contributed by atoms with Crippen LogP contribution in [0.25, 0.3) is 0 Å². The Hall–Kier alpha value is -2.04. The zero-order valence-corrected chi connectivity index (χ0v) is 11.2. The molecule has 102 valence electrons. The lowest BCUT2D eigenvalue weighted by Crippen LogP contribution is -2.40. The van der Waals surface area contributed by atoms with Gasteiger partial charge in [0.1, 0.15) is 11.8 Å². The molecule has 2 amide bonds. The number of nitrogens with zero attached hydrogens (tertiary/aromatic N) is 1. The number of rotatable bonds is 4. The molecular formula is C14H18N2O3. The molecule has 1 aromatic carbocycles. The van der Waals surface area contributed by atoms with E-state index in [0.29, 0.717) is 25.1 Å². The van der Waals surface area contributed by atoms with Crippen molar-refractivity contribution in [3.05, 3.63) is 29.8 Å². The van der Waals surface area contributed by atoms with Crippen LogP contribution in [0.2, 0.25) is 0 Å². The summed E-state index contributed by atoms with van der Waals surface area (Å²) in [6.45, 7) is 3.18. The number of amides is 2. The van der Waals surface area contributed by atoms with E-state index in [1.54, 1.807) is 36.2 Å². The Balaban J connectivity index is 1.98. The highest BCUT2D eigenvalue weighted by atomic mass is 16.5. The van der Waals surface area contributed by atoms with Crippen molar-refractivity contribution in [2.75, 3.05) is 20.2 Å². The summed E-state index contributed by atoms with van der Waals surface area (Å²) in [6.07, 6.45) is 0.665. The van der Waals surface area contributed by atoms with E-state index >= 15 is 0 Å². The van der Waals surface area contributed by atoms with Gasteiger partial charge in [0, 0.05) is 19.2 Å². The highest BCUT2D eigenvalue weighted by Gasteiger charge is 2.30. The van der Waals surface area contributed by atoms with E-state index in [-0.39, 0.29) is 11.8 Å². The van der Waals surface area contributed by atoms with Crippen LogP contribution in [0.15, 0.2) is 24.3 Å². The van der Waals surface area contributed by atoms with Crippen molar-refractivity contribution in [1.29, 1.82) is 0 Å². The first-order valence-electron chi connectivity index (χ1n) is 6.40. The first kappa shape index (κ1) is 13.4. The molecule has 1 aliphatic rings. The molecule has 0 saturated carbocycles. The standard InChI is InChI=1S/C14H18N2O3/c1-3-19-11-6-4-10(5-7-11)13(17)15-12-8-9-16(2)14(12)18/h4-7,12H,3,8-9H2,1-2H3,(H,15,17)/t12-/m1/s1. The van der Waals surface area contributed by atoms with Gasteiger partial charge < -0.3 is 15.0 Å². The first-order chi connectivity index (χ1) is 9.11. The first-order valence-corrected chi connectivity index (χ1v) is 6.40. The van der Waals surface area contributed by atoms with Gasteiger partial charge in [-0.15, -0.1) is 0 Å². The maximum Gasteiger partial charge on any atom is 0.251 e. The fraction of sp³-hybridized carbons (Fsp3) is 0.429. The zero-order valence-electron chi connectivity index (χ0n) is 11.2. The molecule has 0 aromatic heterocycles. The van der Waals surface area contributed by atoms with Crippen LogP contribution < -0.4 is 10.1 Å². The van der Waals surface area contributed by atoms with Crippen LogP contribution in [-0.4, -0.2) is 43.0 Å². The van der Waals surface area contributed by atoms with Crippen molar-refractivity contribution < 1.29 is 14.3 Å². The quantitative estimate of drug-likeness (QED) is 0.882. The summed E-state index contributed by atoms with van der Waals surface area (Å²) in [7, 11) is 1.74. The van der Waals surface area contributed by atoms with E-state index in [4.69, 9.17) is 4.74 Å². The van der Waals surface area contributed by atoms with E-state index in [9.17, 15) is 9.59 Å². The summed E-state index contributed by atoms with van der Waals surface area (Å²) in [5, 5.41) is 2.76. The van der Waals surface area contributed by atoms with Gasteiger partial charge in [-0.25, -0.2) is 0 Å². The molecule has 1 fully saturated rings. The minimum absolute atomic E-state index is 0.0284. The Kier molecular flexibility index (Phi) is 4.04. The number of carbonyl (C=O) groups excluding carboxylic acids is 2. The van der Waals surface area contributed by atoms with Gasteiger partial charge >= 0.3 is 0 Å². The second-order valence-corrected chi connectivity index (χ2v) is 4.53. The Morgan fingerprint density at radius 2 is 2.11 bits per heavy atom. The number of nitrogens with one attached hydrogen (secondary N) is 1. The predicted octanol–water partition coefficient (Wildman–Crippen LogP) is 1.05. The summed E-state index contributed by atoms with van der Waals surface area (Å²) < 4.78 is 5.31. The van der Waals surface area contributed by atoms with Crippen molar-refractivity contribution >= 4 is 11.8 Å². The molecule has 1 saturated heterocycles. The Labute approximate surface area is 112 Å². The Bertz CT molecular complexity index is 470. The van der Waals surface area contributed by atoms with Gasteiger partial charge in [-0.3, -0.25) is 9.59 Å². The molecule has 1 aliphatic heterocycles. The van der Waals surface area contributed by atoms with E-state index in [1.165, 1.54) is 0 Å². The third-order valence-corrected chi connectivity index (χ3v) is 3.16. The van der Waals surface area contributed by atoms with Crippen molar-refractivity contribution in [3.63, 3.8) is 0 Å². The molecule has 0 aliphatic carbocycles. The second-order valence-electron chi connectivity index (χ2n) is 4.53. The third-order valence-electron chi connectivity index (χ3n) is 3.16. The largest absolute Gasteiger partial charge is 0.494 e. The number of carbonyl (C=O) groups is 2. The molecule has 5 nitrogen and oxygen atoms in total. The lowest BCUT2D eigenvalue weighted by molar-refractivity contribution is -0.128. The van der Waals surface area contributed by atoms with Gasteiger partial charge in [0.2, 0.25) is 5.91 Å². The average Bonchev–Trinajstić information content (AvgIpc) is 2.72. The third kappa shape index (κ3) is 3.05. The highest BCUT2D eigenvalue weighted by Crippen LogP contribution is 2.13. The van der Waals surface area contributed by atoms with Gasteiger partial charge in [-0.2, -0.15) is 0 Å². The SMILES string of the molecule is CCOc1ccc(C(=O)N[C@@H]2CCN(C)C2=O)cc1. The van der Waals surface area contributed by atoms with Crippen molar-refractivity contribution in [2.24, 2.45) is 0 Å². The number of likely N-dealkylation sites (N-methyl/N-ethyl adjacent to an activating group) is 1. The fourth-order valence-electron chi connectivity index (χ4n) is 2.07. The summed E-state index contributed by atoms with van der Waals surface area (Å²) in [6, 6.07) is 6.50. The summed E-state index contributed by atoms with van der Waals surface area (Å²) in [5.74, 6) is 0.478. The molecule has 19 heavy (non-hydrogen) atoms. The molecule has 0 bridgehead atoms. The van der Waals surface area contributed by atoms with Gasteiger partial charge in [0.15, 0.2) is 0 Å². The number of benzene rings is 1. The van der Waals surface area contributed by atoms with Crippen LogP contribution >= 0.6 is 0 Å². The van der Waals surface area contributed by atoms with Crippen molar-refractivity contribution in [2.45, 2.75) is 19.4 Å². The number of ether oxygens (including phenoxy) is 1. The van der Waals surface area contributed by atoms with Crippen molar-refractivity contribution in [1.82, 2.24) is 10.2 Å². The van der Waals surface area contributed by atoms with Crippen LogP contribution in [-0.2, 0) is 4.79 Å². The Morgan fingerprint density at radius 3 is 2.63 bits per heavy atom. The maximum atomic E-state index is 12.0. The van der Waals surface area contributed by atoms with Crippen LogP contribution in [0.3, 0.4) is 0 Å². The van der Waals surface area contributed by atoms with Crippen LogP contribution in [0.5, 0.6) is 5.75 Å². The normalized spacial score (nSPS) is 18.5. The molecule has 1 atom stereocenters. The number of hydrogen-bond acceptors (Lipinski definition) is 3. The van der Waals surface area contributed by atoms with Gasteiger partial charge in [0.25, 0.3) is 5.91 Å². The van der Waals surface area contributed by atoms with E-state index in [1.807, 2.05) is 6.92 Å². The lowest BCUT2D eigenvalue weighted by Gasteiger charge is -2.12. The molecule has 1 heterocycles. The summed E-state index contributed by atoms with van der Waals surface area (Å²) in [5.41, 5.74) is 0.533. The van der Waals surface area contributed by atoms with E-state index in [0.717, 1.165) is 5.75 Å². The lowest BCUT2D eigenvalue weighted by atomic mass is 10.1. The molecule has 5 heteroatoms. The van der Waals surface area contributed by atoms with Gasteiger partial charge in [-0.05, 0) is 37.6 Å². The van der Waals surface area contributed by atoms with E-state index in [2.05, 4.69) is 5.32 Å². The highest BCUT2D eigenvalue weighted by molar-refractivity contribution is 5.98. The second kappa shape index (κ2) is 5.73. The number of likely N-dealkylation sites (tertiary alicyclic amines) is 1. The molecule has 2 rings (SSSR count). The molecule has 0 unspecified atom stereocenters. The van der Waals surface area contributed by atoms with Gasteiger partial charge in [-0.1, -0.05) is 0 Å².